The largest absolute Gasteiger partial charge is 0.324 e. The van der Waals surface area contributed by atoms with Crippen molar-refractivity contribution in [1.29, 1.82) is 0 Å². The van der Waals surface area contributed by atoms with E-state index in [2.05, 4.69) is 42.5 Å². The van der Waals surface area contributed by atoms with Crippen LogP contribution in [-0.2, 0) is 10.3 Å². The minimum Gasteiger partial charge on any atom is -0.324 e. The maximum Gasteiger partial charge on any atom is 0.250 e. The van der Waals surface area contributed by atoms with E-state index in [1.54, 1.807) is 24.3 Å². The van der Waals surface area contributed by atoms with Crippen LogP contribution in [0.25, 0.3) is 0 Å². The van der Waals surface area contributed by atoms with E-state index >= 15 is 0 Å². The molecule has 4 aromatic rings. The molecule has 6 rings (SSSR count). The molecular weight excluding hydrogens is 616 g/mol. The van der Waals surface area contributed by atoms with Gasteiger partial charge in [0.1, 0.15) is 5.54 Å². The third-order valence-electron chi connectivity index (χ3n) is 7.41. The molecule has 0 bridgehead atoms. The van der Waals surface area contributed by atoms with Gasteiger partial charge in [0.2, 0.25) is 5.91 Å². The highest BCUT2D eigenvalue weighted by Gasteiger charge is 2.64. The van der Waals surface area contributed by atoms with Crippen LogP contribution in [0.1, 0.15) is 39.0 Å². The molecule has 1 amide bonds. The number of ketones is 1. The fraction of sp³-hybridized carbons (Fsp3) is 0.133. The minimum absolute atomic E-state index is 0.113. The molecule has 2 unspecified atom stereocenters. The second-order valence-corrected chi connectivity index (χ2v) is 11.7. The van der Waals surface area contributed by atoms with Gasteiger partial charge in [-0.2, -0.15) is 0 Å². The van der Waals surface area contributed by atoms with Gasteiger partial charge in [0, 0.05) is 42.7 Å². The molecule has 184 valence electrons. The van der Waals surface area contributed by atoms with Crippen LogP contribution < -0.4 is 10.6 Å². The van der Waals surface area contributed by atoms with E-state index in [4.69, 9.17) is 11.6 Å². The third kappa shape index (κ3) is 4.07. The lowest BCUT2D eigenvalue weighted by molar-refractivity contribution is -0.122. The normalized spacial score (nSPS) is 24.2. The molecular formula is C30H21Br2ClN2O2. The van der Waals surface area contributed by atoms with Crippen LogP contribution in [0.4, 0.5) is 5.69 Å². The van der Waals surface area contributed by atoms with Crippen LogP contribution in [0.2, 0.25) is 5.02 Å². The summed E-state index contributed by atoms with van der Waals surface area (Å²) in [7, 11) is 0. The average Bonchev–Trinajstić information content (AvgIpc) is 3.40. The summed E-state index contributed by atoms with van der Waals surface area (Å²) in [6.45, 7) is 0. The van der Waals surface area contributed by atoms with Crippen LogP contribution in [0.15, 0.2) is 106 Å². The minimum atomic E-state index is -1.27. The Hall–Kier alpha value is -2.77. The number of carbonyl (C=O) groups is 2. The number of benzene rings is 4. The summed E-state index contributed by atoms with van der Waals surface area (Å²) < 4.78 is 1.78. The molecule has 2 heterocycles. The number of fused-ring (bicyclic) bond motifs is 2. The first-order chi connectivity index (χ1) is 17.9. The van der Waals surface area contributed by atoms with Crippen LogP contribution >= 0.6 is 43.5 Å². The van der Waals surface area contributed by atoms with Gasteiger partial charge in [-0.05, 0) is 65.7 Å². The van der Waals surface area contributed by atoms with Crippen molar-refractivity contribution in [3.05, 3.63) is 133 Å². The van der Waals surface area contributed by atoms with E-state index in [0.29, 0.717) is 16.3 Å². The molecule has 4 atom stereocenters. The predicted octanol–water partition coefficient (Wildman–Crippen LogP) is 7.64. The Balaban J connectivity index is 1.63. The van der Waals surface area contributed by atoms with Crippen molar-refractivity contribution in [2.45, 2.75) is 17.5 Å². The number of anilines is 1. The maximum atomic E-state index is 14.5. The molecule has 0 aliphatic carbocycles. The topological polar surface area (TPSA) is 58.2 Å². The second kappa shape index (κ2) is 9.52. The Morgan fingerprint density at radius 2 is 1.49 bits per heavy atom. The Bertz CT molecular complexity index is 1510. The number of nitrogens with one attached hydrogen (secondary N) is 2. The van der Waals surface area contributed by atoms with Gasteiger partial charge in [-0.25, -0.2) is 0 Å². The summed E-state index contributed by atoms with van der Waals surface area (Å²) in [5.74, 6) is -1.39. The summed E-state index contributed by atoms with van der Waals surface area (Å²) >= 11 is 13.3. The van der Waals surface area contributed by atoms with Crippen molar-refractivity contribution < 1.29 is 9.59 Å². The number of rotatable bonds is 4. The summed E-state index contributed by atoms with van der Waals surface area (Å²) in [6.07, 6.45) is 0. The first-order valence-electron chi connectivity index (χ1n) is 11.9. The number of hydrogen-bond donors (Lipinski definition) is 2. The highest BCUT2D eigenvalue weighted by atomic mass is 79.9. The summed E-state index contributed by atoms with van der Waals surface area (Å²) in [5.41, 5.74) is 2.70. The van der Waals surface area contributed by atoms with E-state index in [1.165, 1.54) is 0 Å². The molecule has 4 nitrogen and oxygen atoms in total. The zero-order valence-corrected chi connectivity index (χ0v) is 23.3. The standard InChI is InChI=1S/C30H21Br2ClN2O2/c31-20-10-6-17(7-11-20)25-26(28(36)19-8-13-22(33)14-9-19)30(35-27(25)18-4-2-1-3-5-18)23-16-21(32)12-15-24(23)34-29(30)37/h1-16,25-27,35H,(H,34,37)/t25-,26?,27+,30?/m0/s1. The van der Waals surface area contributed by atoms with Crippen molar-refractivity contribution in [3.8, 4) is 0 Å². The molecule has 1 spiro atoms. The van der Waals surface area contributed by atoms with E-state index in [0.717, 1.165) is 25.6 Å². The second-order valence-electron chi connectivity index (χ2n) is 9.41. The van der Waals surface area contributed by atoms with Crippen LogP contribution in [0.5, 0.6) is 0 Å². The van der Waals surface area contributed by atoms with Crippen molar-refractivity contribution in [3.63, 3.8) is 0 Å². The van der Waals surface area contributed by atoms with Gasteiger partial charge in [-0.1, -0.05) is 85.9 Å². The van der Waals surface area contributed by atoms with Crippen molar-refractivity contribution >= 4 is 60.8 Å². The zero-order chi connectivity index (χ0) is 25.7. The first kappa shape index (κ1) is 24.6. The van der Waals surface area contributed by atoms with Gasteiger partial charge >= 0.3 is 0 Å². The lowest BCUT2D eigenvalue weighted by Crippen LogP contribution is -2.50. The molecule has 7 heteroatoms. The van der Waals surface area contributed by atoms with Gasteiger partial charge < -0.3 is 5.32 Å². The molecule has 2 aliphatic heterocycles. The van der Waals surface area contributed by atoms with Crippen LogP contribution in [0, 0.1) is 5.92 Å². The zero-order valence-electron chi connectivity index (χ0n) is 19.4. The lowest BCUT2D eigenvalue weighted by atomic mass is 9.69. The summed E-state index contributed by atoms with van der Waals surface area (Å²) in [6, 6.07) is 30.4. The third-order valence-corrected chi connectivity index (χ3v) is 8.68. The Labute approximate surface area is 236 Å². The number of carbonyl (C=O) groups excluding carboxylic acids is 2. The van der Waals surface area contributed by atoms with Gasteiger partial charge in [0.15, 0.2) is 5.78 Å². The smallest absolute Gasteiger partial charge is 0.250 e. The van der Waals surface area contributed by atoms with Gasteiger partial charge in [-0.15, -0.1) is 0 Å². The van der Waals surface area contributed by atoms with Crippen LogP contribution in [0.3, 0.4) is 0 Å². The molecule has 0 saturated carbocycles. The van der Waals surface area contributed by atoms with Crippen LogP contribution in [-0.4, -0.2) is 11.7 Å². The first-order valence-corrected chi connectivity index (χ1v) is 13.8. The quantitative estimate of drug-likeness (QED) is 0.227. The predicted molar refractivity (Wildman–Crippen MR) is 153 cm³/mol. The van der Waals surface area contributed by atoms with Crippen molar-refractivity contribution in [2.24, 2.45) is 5.92 Å². The van der Waals surface area contributed by atoms with E-state index < -0.39 is 11.5 Å². The fourth-order valence-corrected chi connectivity index (χ4v) is 6.56. The maximum absolute atomic E-state index is 14.5. The van der Waals surface area contributed by atoms with Crippen molar-refractivity contribution in [1.82, 2.24) is 5.32 Å². The lowest BCUT2D eigenvalue weighted by Gasteiger charge is -2.31. The van der Waals surface area contributed by atoms with Crippen molar-refractivity contribution in [2.75, 3.05) is 5.32 Å². The molecule has 1 saturated heterocycles. The number of amides is 1. The van der Waals surface area contributed by atoms with Gasteiger partial charge in [0.05, 0.1) is 5.92 Å². The monoisotopic (exact) mass is 634 g/mol. The SMILES string of the molecule is O=C(c1ccc(Cl)cc1)C1[C@H](c2ccc(Br)cc2)[C@@H](c2ccccc2)NC12C(=O)Nc1ccc(Br)cc12. The Morgan fingerprint density at radius 3 is 2.19 bits per heavy atom. The molecule has 1 fully saturated rings. The molecule has 37 heavy (non-hydrogen) atoms. The Morgan fingerprint density at radius 1 is 0.811 bits per heavy atom. The molecule has 2 N–H and O–H groups in total. The van der Waals surface area contributed by atoms with E-state index in [9.17, 15) is 9.59 Å². The highest BCUT2D eigenvalue weighted by Crippen LogP contribution is 2.57. The molecule has 2 aliphatic rings. The number of Topliss-reactive ketones (excluding diaryl/α,β-unsaturated/α-hetero) is 1. The van der Waals surface area contributed by atoms with E-state index in [1.807, 2.05) is 72.8 Å². The Kier molecular flexibility index (Phi) is 6.32. The summed E-state index contributed by atoms with van der Waals surface area (Å²) in [5, 5.41) is 7.30. The van der Waals surface area contributed by atoms with E-state index in [-0.39, 0.29) is 23.7 Å². The molecule has 4 aromatic carbocycles. The van der Waals surface area contributed by atoms with Gasteiger partial charge in [0.25, 0.3) is 0 Å². The molecule has 0 aromatic heterocycles. The highest BCUT2D eigenvalue weighted by molar-refractivity contribution is 9.10. The molecule has 0 radical (unpaired) electrons. The number of halogens is 3. The summed E-state index contributed by atoms with van der Waals surface area (Å²) in [4.78, 5) is 28.5. The average molecular weight is 637 g/mol. The fourth-order valence-electron chi connectivity index (χ4n) is 5.81. The number of hydrogen-bond acceptors (Lipinski definition) is 3. The van der Waals surface area contributed by atoms with Gasteiger partial charge in [-0.3, -0.25) is 14.9 Å².